The fourth-order valence-electron chi connectivity index (χ4n) is 4.29. The first-order valence-electron chi connectivity index (χ1n) is 11.2. The first kappa shape index (κ1) is 22.0. The van der Waals surface area contributed by atoms with Gasteiger partial charge in [-0.15, -0.1) is 11.3 Å². The smallest absolute Gasteiger partial charge is 0.338 e. The van der Waals surface area contributed by atoms with Gasteiger partial charge in [-0.05, 0) is 54.3 Å². The molecule has 6 heteroatoms. The topological polar surface area (TPSA) is 45.5 Å². The van der Waals surface area contributed by atoms with E-state index in [2.05, 4.69) is 52.7 Å². The van der Waals surface area contributed by atoms with Gasteiger partial charge in [-0.3, -0.25) is 4.90 Å². The lowest BCUT2D eigenvalue weighted by Gasteiger charge is -2.32. The molecular formula is C27H25ClN2O2S. The van der Waals surface area contributed by atoms with Crippen LogP contribution >= 0.6 is 22.9 Å². The van der Waals surface area contributed by atoms with Gasteiger partial charge in [0.15, 0.2) is 0 Å². The number of piperidine rings is 1. The lowest BCUT2D eigenvalue weighted by Crippen LogP contribution is -2.39. The number of benzene rings is 2. The Bertz CT molecular complexity index is 1320. The van der Waals surface area contributed by atoms with E-state index in [0.29, 0.717) is 11.6 Å². The Labute approximate surface area is 202 Å². The second-order valence-corrected chi connectivity index (χ2v) is 10.0. The van der Waals surface area contributed by atoms with Crippen molar-refractivity contribution in [1.82, 2.24) is 4.90 Å². The monoisotopic (exact) mass is 476 g/mol. The number of nitrogens with zero attached hydrogens (tertiary/aromatic N) is 1. The first-order valence-corrected chi connectivity index (χ1v) is 12.4. The summed E-state index contributed by atoms with van der Waals surface area (Å²) >= 11 is 7.66. The van der Waals surface area contributed by atoms with Crippen molar-refractivity contribution < 1.29 is 4.42 Å². The summed E-state index contributed by atoms with van der Waals surface area (Å²) in [5, 5.41) is 4.54. The molecule has 0 radical (unpaired) electrons. The van der Waals surface area contributed by atoms with Gasteiger partial charge in [0.1, 0.15) is 5.58 Å². The third kappa shape index (κ3) is 5.38. The van der Waals surface area contributed by atoms with Crippen LogP contribution in [0.5, 0.6) is 0 Å². The molecule has 2 aromatic heterocycles. The maximum absolute atomic E-state index is 12.2. The number of rotatable bonds is 6. The number of halogens is 1. The van der Waals surface area contributed by atoms with Crippen molar-refractivity contribution in [2.45, 2.75) is 18.9 Å². The lowest BCUT2D eigenvalue weighted by atomic mass is 10.0. The molecule has 0 amide bonds. The van der Waals surface area contributed by atoms with Crippen LogP contribution in [0.25, 0.3) is 27.5 Å². The molecule has 2 aromatic carbocycles. The maximum atomic E-state index is 12.2. The molecule has 1 saturated heterocycles. The molecule has 0 aliphatic carbocycles. The fraction of sp³-hybridized carbons (Fsp3) is 0.222. The van der Waals surface area contributed by atoms with E-state index < -0.39 is 0 Å². The summed E-state index contributed by atoms with van der Waals surface area (Å²) in [5.41, 5.74) is 3.40. The summed E-state index contributed by atoms with van der Waals surface area (Å²) in [4.78, 5) is 15.7. The van der Waals surface area contributed by atoms with Crippen LogP contribution in [0.3, 0.4) is 0 Å². The van der Waals surface area contributed by atoms with Crippen molar-refractivity contribution in [1.29, 1.82) is 0 Å². The molecule has 3 heterocycles. The van der Waals surface area contributed by atoms with E-state index in [4.69, 9.17) is 16.0 Å². The summed E-state index contributed by atoms with van der Waals surface area (Å²) in [5.74, 6) is 0. The van der Waals surface area contributed by atoms with Crippen LogP contribution < -0.4 is 10.9 Å². The predicted molar refractivity (Wildman–Crippen MR) is 139 cm³/mol. The fourth-order valence-corrected chi connectivity index (χ4v) is 5.33. The molecule has 5 rings (SSSR count). The number of hydrogen-bond donors (Lipinski definition) is 1. The minimum atomic E-state index is -0.333. The summed E-state index contributed by atoms with van der Waals surface area (Å²) in [6.07, 6.45) is 6.47. The van der Waals surface area contributed by atoms with Crippen LogP contribution in [0.2, 0.25) is 4.34 Å². The van der Waals surface area contributed by atoms with Crippen LogP contribution in [0, 0.1) is 0 Å². The lowest BCUT2D eigenvalue weighted by molar-refractivity contribution is 0.240. The quantitative estimate of drug-likeness (QED) is 0.312. The molecule has 0 unspecified atom stereocenters. The van der Waals surface area contributed by atoms with Crippen LogP contribution in [0.15, 0.2) is 82.0 Å². The average molecular weight is 477 g/mol. The van der Waals surface area contributed by atoms with Gasteiger partial charge in [-0.25, -0.2) is 4.79 Å². The molecule has 33 heavy (non-hydrogen) atoms. The molecule has 0 atom stereocenters. The molecule has 4 aromatic rings. The van der Waals surface area contributed by atoms with Crippen molar-refractivity contribution >= 4 is 45.7 Å². The summed E-state index contributed by atoms with van der Waals surface area (Å²) in [6, 6.07) is 22.1. The van der Waals surface area contributed by atoms with Gasteiger partial charge in [-0.2, -0.15) is 0 Å². The van der Waals surface area contributed by atoms with Gasteiger partial charge < -0.3 is 9.73 Å². The minimum Gasteiger partial charge on any atom is -0.423 e. The third-order valence-electron chi connectivity index (χ3n) is 6.02. The maximum Gasteiger partial charge on any atom is 0.338 e. The van der Waals surface area contributed by atoms with E-state index in [0.717, 1.165) is 58.3 Å². The predicted octanol–water partition coefficient (Wildman–Crippen LogP) is 6.76. The summed E-state index contributed by atoms with van der Waals surface area (Å²) in [7, 11) is 0. The average Bonchev–Trinajstić information content (AvgIpc) is 3.27. The molecule has 0 saturated carbocycles. The largest absolute Gasteiger partial charge is 0.423 e. The standard InChI is InChI=1S/C27H25ClN2O2S/c28-26-11-10-25(33-26)20-8-9-24-22(17-20)23(18-27(31)32-24)29-21-12-15-30(16-13-21)14-4-7-19-5-2-1-3-6-19/h1-11,17-18,21,29H,12-16H2. The van der Waals surface area contributed by atoms with Gasteiger partial charge in [0.05, 0.1) is 10.0 Å². The van der Waals surface area contributed by atoms with E-state index in [1.54, 1.807) is 17.4 Å². The van der Waals surface area contributed by atoms with Crippen molar-refractivity contribution in [2.24, 2.45) is 0 Å². The number of nitrogens with one attached hydrogen (secondary N) is 1. The number of likely N-dealkylation sites (tertiary alicyclic amines) is 1. The number of thiophene rings is 1. The highest BCUT2D eigenvalue weighted by Crippen LogP contribution is 2.34. The van der Waals surface area contributed by atoms with Crippen molar-refractivity contribution in [3.8, 4) is 10.4 Å². The Hall–Kier alpha value is -2.86. The van der Waals surface area contributed by atoms with Crippen molar-refractivity contribution in [2.75, 3.05) is 25.0 Å². The summed E-state index contributed by atoms with van der Waals surface area (Å²) < 4.78 is 6.21. The Morgan fingerprint density at radius 1 is 1.06 bits per heavy atom. The third-order valence-corrected chi connectivity index (χ3v) is 7.30. The molecule has 1 aliphatic rings. The van der Waals surface area contributed by atoms with Gasteiger partial charge in [-0.1, -0.05) is 54.1 Å². The molecule has 1 fully saturated rings. The van der Waals surface area contributed by atoms with Crippen LogP contribution in [0.1, 0.15) is 18.4 Å². The van der Waals surface area contributed by atoms with Crippen molar-refractivity contribution in [3.05, 3.63) is 93.1 Å². The van der Waals surface area contributed by atoms with E-state index in [1.807, 2.05) is 30.3 Å². The van der Waals surface area contributed by atoms with Crippen LogP contribution in [-0.2, 0) is 0 Å². The second-order valence-electron chi connectivity index (χ2n) is 8.33. The number of fused-ring (bicyclic) bond motifs is 1. The number of hydrogen-bond acceptors (Lipinski definition) is 5. The minimum absolute atomic E-state index is 0.323. The van der Waals surface area contributed by atoms with E-state index >= 15 is 0 Å². The zero-order valence-electron chi connectivity index (χ0n) is 18.2. The van der Waals surface area contributed by atoms with E-state index in [9.17, 15) is 4.79 Å². The Kier molecular flexibility index (Phi) is 6.63. The molecule has 0 bridgehead atoms. The molecule has 168 valence electrons. The summed E-state index contributed by atoms with van der Waals surface area (Å²) in [6.45, 7) is 3.00. The van der Waals surface area contributed by atoms with E-state index in [-0.39, 0.29) is 5.63 Å². The highest BCUT2D eigenvalue weighted by atomic mass is 35.5. The normalized spacial score (nSPS) is 15.4. The Morgan fingerprint density at radius 2 is 1.88 bits per heavy atom. The van der Waals surface area contributed by atoms with Crippen LogP contribution in [-0.4, -0.2) is 30.6 Å². The first-order chi connectivity index (χ1) is 16.1. The molecule has 1 aliphatic heterocycles. The zero-order valence-corrected chi connectivity index (χ0v) is 19.7. The SMILES string of the molecule is O=c1cc(NC2CCN(CC=Cc3ccccc3)CC2)c2cc(-c3ccc(Cl)s3)ccc2o1. The molecule has 4 nitrogen and oxygen atoms in total. The van der Waals surface area contributed by atoms with Gasteiger partial charge >= 0.3 is 5.63 Å². The van der Waals surface area contributed by atoms with Crippen molar-refractivity contribution in [3.63, 3.8) is 0 Å². The highest BCUT2D eigenvalue weighted by molar-refractivity contribution is 7.19. The Morgan fingerprint density at radius 3 is 2.64 bits per heavy atom. The van der Waals surface area contributed by atoms with Crippen LogP contribution in [0.4, 0.5) is 5.69 Å². The second kappa shape index (κ2) is 9.96. The molecule has 1 N–H and O–H groups in total. The van der Waals surface area contributed by atoms with Gasteiger partial charge in [0.2, 0.25) is 0 Å². The molecule has 0 spiro atoms. The molecular weight excluding hydrogens is 452 g/mol. The van der Waals surface area contributed by atoms with Gasteiger partial charge in [0, 0.05) is 42.0 Å². The van der Waals surface area contributed by atoms with Gasteiger partial charge in [0.25, 0.3) is 0 Å². The van der Waals surface area contributed by atoms with E-state index in [1.165, 1.54) is 5.56 Å². The zero-order chi connectivity index (χ0) is 22.6. The Balaban J connectivity index is 1.26. The highest BCUT2D eigenvalue weighted by Gasteiger charge is 2.19. The number of anilines is 1.